The summed E-state index contributed by atoms with van der Waals surface area (Å²) in [5.74, 6) is -0.332. The zero-order chi connectivity index (χ0) is 26.8. The number of carbonyl (C=O) groups is 4. The van der Waals surface area contributed by atoms with Crippen LogP contribution in [0.2, 0.25) is 0 Å². The molecule has 3 rings (SSSR count). The zero-order valence-electron chi connectivity index (χ0n) is 21.9. The molecule has 2 aliphatic rings. The first kappa shape index (κ1) is 28.6. The Morgan fingerprint density at radius 3 is 2.22 bits per heavy atom. The lowest BCUT2D eigenvalue weighted by Crippen LogP contribution is -2.56. The first-order valence-corrected chi connectivity index (χ1v) is 13.0. The minimum absolute atomic E-state index is 0.117. The molecule has 2 fully saturated rings. The molecule has 10 heteroatoms. The predicted octanol–water partition coefficient (Wildman–Crippen LogP) is 1.30. The number of benzene rings is 1. The highest BCUT2D eigenvalue weighted by molar-refractivity contribution is 5.96. The number of methoxy groups -OCH3 is 2. The van der Waals surface area contributed by atoms with Gasteiger partial charge in [-0.2, -0.15) is 0 Å². The number of ketones is 1. The van der Waals surface area contributed by atoms with Gasteiger partial charge in [0.15, 0.2) is 5.78 Å². The number of rotatable bonds is 15. The average Bonchev–Trinajstić information content (AvgIpc) is 3.62. The Morgan fingerprint density at radius 2 is 1.62 bits per heavy atom. The summed E-state index contributed by atoms with van der Waals surface area (Å²) in [6.45, 7) is 2.17. The predicted molar refractivity (Wildman–Crippen MR) is 136 cm³/mol. The molecule has 10 nitrogen and oxygen atoms in total. The largest absolute Gasteiger partial charge is 0.497 e. The van der Waals surface area contributed by atoms with Crippen molar-refractivity contribution in [2.45, 2.75) is 76.1 Å². The Morgan fingerprint density at radius 1 is 0.973 bits per heavy atom. The van der Waals surface area contributed by atoms with E-state index in [-0.39, 0.29) is 31.1 Å². The normalized spacial score (nSPS) is 19.4. The first-order chi connectivity index (χ1) is 17.8. The van der Waals surface area contributed by atoms with Gasteiger partial charge in [0.05, 0.1) is 26.4 Å². The highest BCUT2D eigenvalue weighted by atomic mass is 16.6. The third kappa shape index (κ3) is 9.12. The lowest BCUT2D eigenvalue weighted by molar-refractivity contribution is -0.133. The van der Waals surface area contributed by atoms with Crippen LogP contribution in [0.15, 0.2) is 24.3 Å². The minimum Gasteiger partial charge on any atom is -0.497 e. The number of ether oxygens (including phenoxy) is 3. The van der Waals surface area contributed by atoms with Gasteiger partial charge in [0.1, 0.15) is 23.9 Å². The van der Waals surface area contributed by atoms with Crippen LogP contribution in [0.3, 0.4) is 0 Å². The van der Waals surface area contributed by atoms with E-state index in [4.69, 9.17) is 14.2 Å². The first-order valence-electron chi connectivity index (χ1n) is 13.0. The van der Waals surface area contributed by atoms with Crippen LogP contribution >= 0.6 is 0 Å². The molecule has 3 N–H and O–H groups in total. The quantitative estimate of drug-likeness (QED) is 0.298. The summed E-state index contributed by atoms with van der Waals surface area (Å²) in [4.78, 5) is 51.4. The SMILES string of the molecule is COCCC(=O)N[C@@H](C)C(=O)N[C@@H](Cc1ccc(OC)cc1)C(=O)N[C@@H](CC1CCCC1)C(=O)[C@H]1CO1. The summed E-state index contributed by atoms with van der Waals surface area (Å²) in [6, 6.07) is 4.73. The fourth-order valence-corrected chi connectivity index (χ4v) is 4.61. The van der Waals surface area contributed by atoms with Crippen LogP contribution in [0.5, 0.6) is 5.75 Å². The van der Waals surface area contributed by atoms with Crippen molar-refractivity contribution in [3.8, 4) is 5.75 Å². The summed E-state index contributed by atoms with van der Waals surface area (Å²) >= 11 is 0. The van der Waals surface area contributed by atoms with Gasteiger partial charge in [-0.05, 0) is 37.0 Å². The van der Waals surface area contributed by atoms with Gasteiger partial charge in [0, 0.05) is 20.0 Å². The van der Waals surface area contributed by atoms with Crippen molar-refractivity contribution in [3.63, 3.8) is 0 Å². The Bertz CT molecular complexity index is 926. The summed E-state index contributed by atoms with van der Waals surface area (Å²) in [5.41, 5.74) is 0.808. The third-order valence-corrected chi connectivity index (χ3v) is 6.89. The summed E-state index contributed by atoms with van der Waals surface area (Å²) in [6.07, 6.45) is 4.76. The molecule has 0 bridgehead atoms. The van der Waals surface area contributed by atoms with Crippen molar-refractivity contribution < 1.29 is 33.4 Å². The number of hydrogen-bond acceptors (Lipinski definition) is 7. The van der Waals surface area contributed by atoms with Crippen molar-refractivity contribution in [1.82, 2.24) is 16.0 Å². The van der Waals surface area contributed by atoms with E-state index < -0.39 is 36.0 Å². The fraction of sp³-hybridized carbons (Fsp3) is 0.630. The lowest BCUT2D eigenvalue weighted by Gasteiger charge is -2.25. The standard InChI is InChI=1S/C27H39N3O7/c1-17(28-24(31)12-13-35-2)26(33)30-22(15-19-8-10-20(36-3)11-9-19)27(34)29-21(25(32)23-16-37-23)14-18-6-4-5-7-18/h8-11,17-18,21-23H,4-7,12-16H2,1-3H3,(H,28,31)(H,29,34)(H,30,33)/t17-,21-,22-,23+/m0/s1. The van der Waals surface area contributed by atoms with Gasteiger partial charge in [-0.1, -0.05) is 37.8 Å². The van der Waals surface area contributed by atoms with Crippen LogP contribution in [0.1, 0.15) is 51.0 Å². The van der Waals surface area contributed by atoms with E-state index in [1.165, 1.54) is 7.11 Å². The summed E-state index contributed by atoms with van der Waals surface area (Å²) < 4.78 is 15.3. The molecule has 1 saturated heterocycles. The lowest BCUT2D eigenvalue weighted by atomic mass is 9.94. The second-order valence-electron chi connectivity index (χ2n) is 9.82. The smallest absolute Gasteiger partial charge is 0.243 e. The molecular formula is C27H39N3O7. The third-order valence-electron chi connectivity index (χ3n) is 6.89. The van der Waals surface area contributed by atoms with E-state index in [1.54, 1.807) is 26.2 Å². The van der Waals surface area contributed by atoms with Crippen molar-refractivity contribution in [1.29, 1.82) is 0 Å². The highest BCUT2D eigenvalue weighted by Crippen LogP contribution is 2.30. The van der Waals surface area contributed by atoms with Gasteiger partial charge in [0.2, 0.25) is 17.7 Å². The van der Waals surface area contributed by atoms with Crippen LogP contribution in [0.25, 0.3) is 0 Å². The maximum Gasteiger partial charge on any atom is 0.243 e. The molecule has 1 aliphatic heterocycles. The topological polar surface area (TPSA) is 135 Å². The Balaban J connectivity index is 1.71. The second kappa shape index (κ2) is 14.1. The number of Topliss-reactive ketones (excluding diaryl/α,β-unsaturated/α-hetero) is 1. The number of amides is 3. The van der Waals surface area contributed by atoms with Crippen LogP contribution in [-0.4, -0.2) is 75.2 Å². The van der Waals surface area contributed by atoms with Gasteiger partial charge in [-0.3, -0.25) is 19.2 Å². The minimum atomic E-state index is -0.946. The van der Waals surface area contributed by atoms with Gasteiger partial charge in [-0.15, -0.1) is 0 Å². The number of hydrogen-bond donors (Lipinski definition) is 3. The molecule has 1 saturated carbocycles. The molecule has 37 heavy (non-hydrogen) atoms. The van der Waals surface area contributed by atoms with E-state index in [1.807, 2.05) is 12.1 Å². The average molecular weight is 518 g/mol. The molecule has 1 heterocycles. The Kier molecular flexibility index (Phi) is 10.9. The number of nitrogens with one attached hydrogen (secondary N) is 3. The maximum atomic E-state index is 13.5. The number of epoxide rings is 1. The van der Waals surface area contributed by atoms with Crippen LogP contribution in [-0.2, 0) is 35.1 Å². The van der Waals surface area contributed by atoms with E-state index in [0.717, 1.165) is 31.2 Å². The molecule has 0 spiro atoms. The van der Waals surface area contributed by atoms with E-state index >= 15 is 0 Å². The molecule has 0 radical (unpaired) electrons. The van der Waals surface area contributed by atoms with Gasteiger partial charge in [0.25, 0.3) is 0 Å². The van der Waals surface area contributed by atoms with Crippen molar-refractivity contribution in [2.24, 2.45) is 5.92 Å². The highest BCUT2D eigenvalue weighted by Gasteiger charge is 2.39. The molecule has 3 amide bonds. The Hall–Kier alpha value is -2.98. The molecule has 204 valence electrons. The summed E-state index contributed by atoms with van der Waals surface area (Å²) in [7, 11) is 3.06. The molecular weight excluding hydrogens is 478 g/mol. The summed E-state index contributed by atoms with van der Waals surface area (Å²) in [5, 5.41) is 8.29. The van der Waals surface area contributed by atoms with Crippen LogP contribution in [0.4, 0.5) is 0 Å². The number of carbonyl (C=O) groups excluding carboxylic acids is 4. The van der Waals surface area contributed by atoms with Crippen LogP contribution < -0.4 is 20.7 Å². The molecule has 1 aromatic carbocycles. The van der Waals surface area contributed by atoms with E-state index in [2.05, 4.69) is 16.0 Å². The molecule has 4 atom stereocenters. The van der Waals surface area contributed by atoms with Gasteiger partial charge < -0.3 is 30.2 Å². The molecule has 1 aromatic rings. The molecule has 0 unspecified atom stereocenters. The Labute approximate surface area is 218 Å². The van der Waals surface area contributed by atoms with Crippen molar-refractivity contribution in [3.05, 3.63) is 29.8 Å². The molecule has 0 aromatic heterocycles. The monoisotopic (exact) mass is 517 g/mol. The van der Waals surface area contributed by atoms with Crippen LogP contribution in [0, 0.1) is 5.92 Å². The maximum absolute atomic E-state index is 13.5. The van der Waals surface area contributed by atoms with Crippen molar-refractivity contribution >= 4 is 23.5 Å². The fourth-order valence-electron chi connectivity index (χ4n) is 4.61. The zero-order valence-corrected chi connectivity index (χ0v) is 21.9. The second-order valence-corrected chi connectivity index (χ2v) is 9.82. The van der Waals surface area contributed by atoms with Gasteiger partial charge in [-0.25, -0.2) is 0 Å². The van der Waals surface area contributed by atoms with Crippen molar-refractivity contribution in [2.75, 3.05) is 27.4 Å². The van der Waals surface area contributed by atoms with E-state index in [9.17, 15) is 19.2 Å². The molecule has 1 aliphatic carbocycles. The van der Waals surface area contributed by atoms with E-state index in [0.29, 0.717) is 24.7 Å². The van der Waals surface area contributed by atoms with Gasteiger partial charge >= 0.3 is 0 Å².